The fourth-order valence-corrected chi connectivity index (χ4v) is 2.84. The number of fused-ring (bicyclic) bond motifs is 1. The SMILES string of the molecule is Cc1cc(NC(=O)CC(C)(O)c2ccccc2)c2ncccc2c1. The average Bonchev–Trinajstić information content (AvgIpc) is 2.55. The van der Waals surface area contributed by atoms with E-state index in [2.05, 4.69) is 10.3 Å². The number of benzene rings is 2. The average molecular weight is 320 g/mol. The molecule has 2 aromatic carbocycles. The Labute approximate surface area is 141 Å². The van der Waals surface area contributed by atoms with Gasteiger partial charge in [0, 0.05) is 11.6 Å². The molecule has 0 aliphatic rings. The van der Waals surface area contributed by atoms with Crippen molar-refractivity contribution in [2.24, 2.45) is 0 Å². The maximum Gasteiger partial charge on any atom is 0.227 e. The zero-order valence-electron chi connectivity index (χ0n) is 13.8. The van der Waals surface area contributed by atoms with E-state index in [9.17, 15) is 9.90 Å². The van der Waals surface area contributed by atoms with Crippen LogP contribution in [0, 0.1) is 6.92 Å². The molecule has 3 rings (SSSR count). The number of pyridine rings is 1. The topological polar surface area (TPSA) is 62.2 Å². The first-order valence-electron chi connectivity index (χ1n) is 7.89. The molecule has 1 unspecified atom stereocenters. The number of nitrogens with zero attached hydrogens (tertiary/aromatic N) is 1. The largest absolute Gasteiger partial charge is 0.385 e. The number of aromatic nitrogens is 1. The summed E-state index contributed by atoms with van der Waals surface area (Å²) < 4.78 is 0. The van der Waals surface area contributed by atoms with Crippen molar-refractivity contribution in [1.29, 1.82) is 0 Å². The summed E-state index contributed by atoms with van der Waals surface area (Å²) in [7, 11) is 0. The summed E-state index contributed by atoms with van der Waals surface area (Å²) >= 11 is 0. The van der Waals surface area contributed by atoms with Crippen LogP contribution < -0.4 is 5.32 Å². The number of anilines is 1. The molecular formula is C20H20N2O2. The maximum atomic E-state index is 12.5. The van der Waals surface area contributed by atoms with E-state index in [1.807, 2.05) is 61.5 Å². The zero-order valence-corrected chi connectivity index (χ0v) is 13.8. The Bertz CT molecular complexity index is 873. The normalized spacial score (nSPS) is 13.5. The maximum absolute atomic E-state index is 12.5. The lowest BCUT2D eigenvalue weighted by molar-refractivity contribution is -0.120. The summed E-state index contributed by atoms with van der Waals surface area (Å²) in [6.07, 6.45) is 1.67. The molecule has 1 heterocycles. The van der Waals surface area contributed by atoms with Crippen LogP contribution in [0.15, 0.2) is 60.8 Å². The predicted octanol–water partition coefficient (Wildman–Crippen LogP) is 3.78. The van der Waals surface area contributed by atoms with Crippen molar-refractivity contribution < 1.29 is 9.90 Å². The van der Waals surface area contributed by atoms with E-state index in [4.69, 9.17) is 0 Å². The molecule has 0 saturated carbocycles. The molecule has 2 N–H and O–H groups in total. The lowest BCUT2D eigenvalue weighted by Crippen LogP contribution is -2.28. The molecular weight excluding hydrogens is 300 g/mol. The predicted molar refractivity (Wildman–Crippen MR) is 95.7 cm³/mol. The van der Waals surface area contributed by atoms with Gasteiger partial charge in [-0.3, -0.25) is 9.78 Å². The highest BCUT2D eigenvalue weighted by molar-refractivity contribution is 6.00. The summed E-state index contributed by atoms with van der Waals surface area (Å²) in [6, 6.07) is 17.0. The Balaban J connectivity index is 1.83. The van der Waals surface area contributed by atoms with Crippen molar-refractivity contribution in [2.75, 3.05) is 5.32 Å². The molecule has 0 saturated heterocycles. The first kappa shape index (κ1) is 16.1. The summed E-state index contributed by atoms with van der Waals surface area (Å²) in [4.78, 5) is 16.8. The van der Waals surface area contributed by atoms with Crippen molar-refractivity contribution in [3.8, 4) is 0 Å². The lowest BCUT2D eigenvalue weighted by atomic mass is 9.92. The number of hydrogen-bond donors (Lipinski definition) is 2. The summed E-state index contributed by atoms with van der Waals surface area (Å²) in [5, 5.41) is 14.5. The van der Waals surface area contributed by atoms with Gasteiger partial charge < -0.3 is 10.4 Å². The molecule has 0 aliphatic carbocycles. The van der Waals surface area contributed by atoms with Crippen LogP contribution in [0.4, 0.5) is 5.69 Å². The van der Waals surface area contributed by atoms with E-state index < -0.39 is 5.60 Å². The van der Waals surface area contributed by atoms with Crippen LogP contribution in [-0.2, 0) is 10.4 Å². The monoisotopic (exact) mass is 320 g/mol. The third-order valence-electron chi connectivity index (χ3n) is 4.02. The fraction of sp³-hybridized carbons (Fsp3) is 0.200. The highest BCUT2D eigenvalue weighted by Gasteiger charge is 2.26. The number of aliphatic hydroxyl groups is 1. The highest BCUT2D eigenvalue weighted by Crippen LogP contribution is 2.27. The van der Waals surface area contributed by atoms with Crippen molar-refractivity contribution >= 4 is 22.5 Å². The lowest BCUT2D eigenvalue weighted by Gasteiger charge is -2.23. The van der Waals surface area contributed by atoms with Gasteiger partial charge in [0.1, 0.15) is 0 Å². The van der Waals surface area contributed by atoms with Crippen LogP contribution in [0.1, 0.15) is 24.5 Å². The van der Waals surface area contributed by atoms with Gasteiger partial charge in [-0.25, -0.2) is 0 Å². The molecule has 0 aliphatic heterocycles. The molecule has 0 bridgehead atoms. The third kappa shape index (κ3) is 3.44. The summed E-state index contributed by atoms with van der Waals surface area (Å²) in [6.45, 7) is 3.62. The van der Waals surface area contributed by atoms with E-state index in [0.717, 1.165) is 16.5 Å². The Morgan fingerprint density at radius 3 is 2.67 bits per heavy atom. The number of aryl methyl sites for hydroxylation is 1. The van der Waals surface area contributed by atoms with Gasteiger partial charge >= 0.3 is 0 Å². The molecule has 122 valence electrons. The number of carbonyl (C=O) groups excluding carboxylic acids is 1. The number of hydrogen-bond acceptors (Lipinski definition) is 3. The quantitative estimate of drug-likeness (QED) is 0.769. The smallest absolute Gasteiger partial charge is 0.227 e. The van der Waals surface area contributed by atoms with Crippen molar-refractivity contribution in [2.45, 2.75) is 25.9 Å². The van der Waals surface area contributed by atoms with Crippen molar-refractivity contribution in [3.05, 3.63) is 71.9 Å². The van der Waals surface area contributed by atoms with E-state index >= 15 is 0 Å². The third-order valence-corrected chi connectivity index (χ3v) is 4.02. The minimum atomic E-state index is -1.22. The molecule has 4 nitrogen and oxygen atoms in total. The van der Waals surface area contributed by atoms with Crippen molar-refractivity contribution in [1.82, 2.24) is 4.98 Å². The minimum absolute atomic E-state index is 0.0285. The van der Waals surface area contributed by atoms with Gasteiger partial charge in [-0.05, 0) is 43.2 Å². The van der Waals surface area contributed by atoms with Gasteiger partial charge in [-0.1, -0.05) is 36.4 Å². The van der Waals surface area contributed by atoms with Crippen LogP contribution in [0.3, 0.4) is 0 Å². The Morgan fingerprint density at radius 2 is 1.92 bits per heavy atom. The molecule has 3 aromatic rings. The van der Waals surface area contributed by atoms with E-state index in [0.29, 0.717) is 11.3 Å². The molecule has 1 atom stereocenters. The second kappa shape index (κ2) is 6.42. The number of nitrogens with one attached hydrogen (secondary N) is 1. The molecule has 0 fully saturated rings. The molecule has 24 heavy (non-hydrogen) atoms. The molecule has 4 heteroatoms. The van der Waals surface area contributed by atoms with Crippen LogP contribution >= 0.6 is 0 Å². The summed E-state index contributed by atoms with van der Waals surface area (Å²) in [5.41, 5.74) is 1.95. The Hall–Kier alpha value is -2.72. The van der Waals surface area contributed by atoms with Crippen LogP contribution in [0.25, 0.3) is 10.9 Å². The van der Waals surface area contributed by atoms with E-state index in [1.54, 1.807) is 13.1 Å². The first-order valence-corrected chi connectivity index (χ1v) is 7.89. The number of carbonyl (C=O) groups is 1. The number of amides is 1. The van der Waals surface area contributed by atoms with E-state index in [1.165, 1.54) is 0 Å². The molecule has 0 spiro atoms. The first-order chi connectivity index (χ1) is 11.5. The molecule has 1 amide bonds. The van der Waals surface area contributed by atoms with Crippen molar-refractivity contribution in [3.63, 3.8) is 0 Å². The second-order valence-electron chi connectivity index (χ2n) is 6.25. The number of rotatable bonds is 4. The summed E-state index contributed by atoms with van der Waals surface area (Å²) in [5.74, 6) is -0.249. The molecule has 1 aromatic heterocycles. The Morgan fingerprint density at radius 1 is 1.17 bits per heavy atom. The van der Waals surface area contributed by atoms with Gasteiger partial charge in [0.15, 0.2) is 0 Å². The molecule has 0 radical (unpaired) electrons. The minimum Gasteiger partial charge on any atom is -0.385 e. The van der Waals surface area contributed by atoms with Gasteiger partial charge in [0.2, 0.25) is 5.91 Å². The highest BCUT2D eigenvalue weighted by atomic mass is 16.3. The van der Waals surface area contributed by atoms with Gasteiger partial charge in [-0.2, -0.15) is 0 Å². The van der Waals surface area contributed by atoms with Crippen LogP contribution in [0.2, 0.25) is 0 Å². The second-order valence-corrected chi connectivity index (χ2v) is 6.25. The van der Waals surface area contributed by atoms with Gasteiger partial charge in [0.25, 0.3) is 0 Å². The van der Waals surface area contributed by atoms with Gasteiger partial charge in [0.05, 0.1) is 23.2 Å². The zero-order chi connectivity index (χ0) is 17.2. The Kier molecular flexibility index (Phi) is 4.32. The van der Waals surface area contributed by atoms with Crippen LogP contribution in [0.5, 0.6) is 0 Å². The van der Waals surface area contributed by atoms with Crippen LogP contribution in [-0.4, -0.2) is 16.0 Å². The standard InChI is InChI=1S/C20H20N2O2/c1-14-11-15-7-6-10-21-19(15)17(12-14)22-18(23)13-20(2,24)16-8-4-3-5-9-16/h3-12,24H,13H2,1-2H3,(H,22,23). The fourth-order valence-electron chi connectivity index (χ4n) is 2.84. The van der Waals surface area contributed by atoms with Gasteiger partial charge in [-0.15, -0.1) is 0 Å². The van der Waals surface area contributed by atoms with E-state index in [-0.39, 0.29) is 12.3 Å².